The molecule has 0 unspecified atom stereocenters. The first kappa shape index (κ1) is 15.1. The predicted octanol–water partition coefficient (Wildman–Crippen LogP) is 5.58. The number of hydrogen-bond donors (Lipinski definition) is 1. The third-order valence-corrected chi connectivity index (χ3v) is 3.36. The van der Waals surface area contributed by atoms with Crippen molar-refractivity contribution in [3.8, 4) is 11.5 Å². The number of rotatable bonds is 5. The average Bonchev–Trinajstić information content (AvgIpc) is 2.59. The van der Waals surface area contributed by atoms with Gasteiger partial charge in [0.05, 0.1) is 11.9 Å². The van der Waals surface area contributed by atoms with Crippen molar-refractivity contribution >= 4 is 23.5 Å². The van der Waals surface area contributed by atoms with E-state index in [1.807, 2.05) is 78.9 Å². The number of para-hydroxylation sites is 1. The van der Waals surface area contributed by atoms with Crippen LogP contribution in [0.25, 0.3) is 0 Å². The van der Waals surface area contributed by atoms with Gasteiger partial charge in [-0.3, -0.25) is 5.43 Å². The Bertz CT molecular complexity index is 769. The fourth-order valence-electron chi connectivity index (χ4n) is 1.95. The fourth-order valence-corrected chi connectivity index (χ4v) is 2.08. The Kier molecular flexibility index (Phi) is 4.92. The van der Waals surface area contributed by atoms with Crippen molar-refractivity contribution < 1.29 is 4.74 Å². The van der Waals surface area contributed by atoms with E-state index in [-0.39, 0.29) is 0 Å². The maximum Gasteiger partial charge on any atom is 0.127 e. The molecule has 0 saturated heterocycles. The quantitative estimate of drug-likeness (QED) is 0.491. The second-order valence-electron chi connectivity index (χ2n) is 4.86. The van der Waals surface area contributed by atoms with Crippen molar-refractivity contribution in [2.45, 2.75) is 0 Å². The molecule has 23 heavy (non-hydrogen) atoms. The van der Waals surface area contributed by atoms with Crippen LogP contribution in [0, 0.1) is 0 Å². The largest absolute Gasteiger partial charge is 0.457 e. The summed E-state index contributed by atoms with van der Waals surface area (Å²) >= 11 is 5.84. The standard InChI is InChI=1S/C19H15ClN2O/c20-16-8-10-17(11-9-16)22-21-14-15-6-12-19(13-7-15)23-18-4-2-1-3-5-18/h1-14,22H. The van der Waals surface area contributed by atoms with E-state index in [0.29, 0.717) is 5.02 Å². The van der Waals surface area contributed by atoms with Gasteiger partial charge in [-0.05, 0) is 66.2 Å². The van der Waals surface area contributed by atoms with Crippen LogP contribution in [0.5, 0.6) is 11.5 Å². The highest BCUT2D eigenvalue weighted by Gasteiger charge is 1.96. The summed E-state index contributed by atoms with van der Waals surface area (Å²) in [6, 6.07) is 24.8. The smallest absolute Gasteiger partial charge is 0.127 e. The lowest BCUT2D eigenvalue weighted by molar-refractivity contribution is 0.482. The second-order valence-corrected chi connectivity index (χ2v) is 5.30. The third-order valence-electron chi connectivity index (χ3n) is 3.11. The normalized spacial score (nSPS) is 10.7. The number of ether oxygens (including phenoxy) is 1. The summed E-state index contributed by atoms with van der Waals surface area (Å²) in [6.07, 6.45) is 1.75. The number of benzene rings is 3. The van der Waals surface area contributed by atoms with Gasteiger partial charge in [0.25, 0.3) is 0 Å². The summed E-state index contributed by atoms with van der Waals surface area (Å²) in [4.78, 5) is 0. The molecular formula is C19H15ClN2O. The molecule has 0 aliphatic heterocycles. The van der Waals surface area contributed by atoms with Crippen molar-refractivity contribution in [1.29, 1.82) is 0 Å². The Morgan fingerprint density at radius 2 is 1.43 bits per heavy atom. The van der Waals surface area contributed by atoms with Gasteiger partial charge in [-0.15, -0.1) is 0 Å². The van der Waals surface area contributed by atoms with Crippen molar-refractivity contribution in [2.24, 2.45) is 5.10 Å². The van der Waals surface area contributed by atoms with Crippen molar-refractivity contribution in [1.82, 2.24) is 0 Å². The van der Waals surface area contributed by atoms with Gasteiger partial charge in [0.2, 0.25) is 0 Å². The van der Waals surface area contributed by atoms with E-state index < -0.39 is 0 Å². The highest BCUT2D eigenvalue weighted by molar-refractivity contribution is 6.30. The van der Waals surface area contributed by atoms with Crippen LogP contribution < -0.4 is 10.2 Å². The Labute approximate surface area is 140 Å². The number of nitrogens with one attached hydrogen (secondary N) is 1. The predicted molar refractivity (Wildman–Crippen MR) is 95.6 cm³/mol. The molecule has 3 nitrogen and oxygen atoms in total. The highest BCUT2D eigenvalue weighted by Crippen LogP contribution is 2.20. The molecule has 1 N–H and O–H groups in total. The molecule has 3 rings (SSSR count). The van der Waals surface area contributed by atoms with Gasteiger partial charge in [0.15, 0.2) is 0 Å². The van der Waals surface area contributed by atoms with Crippen molar-refractivity contribution in [2.75, 3.05) is 5.43 Å². The Balaban J connectivity index is 1.58. The molecule has 0 atom stereocenters. The van der Waals surface area contributed by atoms with Crippen LogP contribution in [0.4, 0.5) is 5.69 Å². The van der Waals surface area contributed by atoms with Gasteiger partial charge in [0, 0.05) is 5.02 Å². The zero-order valence-corrected chi connectivity index (χ0v) is 13.1. The van der Waals surface area contributed by atoms with Crippen molar-refractivity contribution in [3.05, 3.63) is 89.4 Å². The minimum atomic E-state index is 0.702. The summed E-state index contributed by atoms with van der Waals surface area (Å²) in [5.41, 5.74) is 4.82. The summed E-state index contributed by atoms with van der Waals surface area (Å²) in [6.45, 7) is 0. The van der Waals surface area contributed by atoms with Gasteiger partial charge in [-0.1, -0.05) is 29.8 Å². The van der Waals surface area contributed by atoms with Crippen LogP contribution in [-0.4, -0.2) is 6.21 Å². The lowest BCUT2D eigenvalue weighted by atomic mass is 10.2. The summed E-state index contributed by atoms with van der Waals surface area (Å²) < 4.78 is 5.75. The zero-order valence-electron chi connectivity index (χ0n) is 12.3. The minimum Gasteiger partial charge on any atom is -0.457 e. The Morgan fingerprint density at radius 3 is 2.13 bits per heavy atom. The van der Waals surface area contributed by atoms with Crippen LogP contribution in [0.15, 0.2) is 84.0 Å². The second kappa shape index (κ2) is 7.47. The molecule has 3 aromatic carbocycles. The van der Waals surface area contributed by atoms with E-state index in [2.05, 4.69) is 10.5 Å². The highest BCUT2D eigenvalue weighted by atomic mass is 35.5. The topological polar surface area (TPSA) is 33.6 Å². The summed E-state index contributed by atoms with van der Waals surface area (Å²) in [5.74, 6) is 1.61. The molecule has 0 fully saturated rings. The van der Waals surface area contributed by atoms with Crippen molar-refractivity contribution in [3.63, 3.8) is 0 Å². The van der Waals surface area contributed by atoms with Gasteiger partial charge >= 0.3 is 0 Å². The Hall–Kier alpha value is -2.78. The molecule has 0 bridgehead atoms. The molecule has 0 aliphatic rings. The monoisotopic (exact) mass is 322 g/mol. The van der Waals surface area contributed by atoms with Crippen LogP contribution in [0.1, 0.15) is 5.56 Å². The zero-order chi connectivity index (χ0) is 15.9. The van der Waals surface area contributed by atoms with E-state index in [1.54, 1.807) is 6.21 Å². The third kappa shape index (κ3) is 4.59. The molecular weight excluding hydrogens is 308 g/mol. The van der Waals surface area contributed by atoms with E-state index in [1.165, 1.54) is 0 Å². The van der Waals surface area contributed by atoms with E-state index in [0.717, 1.165) is 22.7 Å². The van der Waals surface area contributed by atoms with E-state index >= 15 is 0 Å². The number of halogens is 1. The SMILES string of the molecule is Clc1ccc(NN=Cc2ccc(Oc3ccccc3)cc2)cc1. The van der Waals surface area contributed by atoms with Gasteiger partial charge in [-0.2, -0.15) is 5.10 Å². The van der Waals surface area contributed by atoms with E-state index in [4.69, 9.17) is 16.3 Å². The molecule has 0 radical (unpaired) electrons. The molecule has 0 heterocycles. The first-order valence-electron chi connectivity index (χ1n) is 7.17. The summed E-state index contributed by atoms with van der Waals surface area (Å²) in [7, 11) is 0. The van der Waals surface area contributed by atoms with Crippen LogP contribution in [0.2, 0.25) is 5.02 Å². The maximum atomic E-state index is 5.84. The molecule has 4 heteroatoms. The lowest BCUT2D eigenvalue weighted by Gasteiger charge is -2.05. The lowest BCUT2D eigenvalue weighted by Crippen LogP contribution is -1.90. The molecule has 114 valence electrons. The number of hydrogen-bond acceptors (Lipinski definition) is 3. The average molecular weight is 323 g/mol. The Morgan fingerprint density at radius 1 is 0.783 bits per heavy atom. The summed E-state index contributed by atoms with van der Waals surface area (Å²) in [5, 5.41) is 4.90. The van der Waals surface area contributed by atoms with E-state index in [9.17, 15) is 0 Å². The molecule has 0 aliphatic carbocycles. The van der Waals surface area contributed by atoms with Crippen LogP contribution in [-0.2, 0) is 0 Å². The number of nitrogens with zero attached hydrogens (tertiary/aromatic N) is 1. The van der Waals surface area contributed by atoms with Gasteiger partial charge in [0.1, 0.15) is 11.5 Å². The van der Waals surface area contributed by atoms with Crippen LogP contribution >= 0.6 is 11.6 Å². The van der Waals surface area contributed by atoms with Crippen LogP contribution in [0.3, 0.4) is 0 Å². The maximum absolute atomic E-state index is 5.84. The number of anilines is 1. The minimum absolute atomic E-state index is 0.702. The molecule has 3 aromatic rings. The van der Waals surface area contributed by atoms with Gasteiger partial charge in [-0.25, -0.2) is 0 Å². The molecule has 0 saturated carbocycles. The van der Waals surface area contributed by atoms with Gasteiger partial charge < -0.3 is 4.74 Å². The number of hydrazone groups is 1. The fraction of sp³-hybridized carbons (Fsp3) is 0. The molecule has 0 aromatic heterocycles. The first-order valence-corrected chi connectivity index (χ1v) is 7.55. The molecule has 0 amide bonds. The first-order chi connectivity index (χ1) is 11.3. The molecule has 0 spiro atoms.